The van der Waals surface area contributed by atoms with Gasteiger partial charge in [-0.15, -0.1) is 0 Å². The minimum Gasteiger partial charge on any atom is -0.293 e. The number of carbonyl (C=O) groups is 4. The van der Waals surface area contributed by atoms with E-state index in [4.69, 9.17) is 5.84 Å². The van der Waals surface area contributed by atoms with Crippen molar-refractivity contribution in [3.05, 3.63) is 76.9 Å². The molecular weight excluding hydrogens is 536 g/mol. The fourth-order valence-electron chi connectivity index (χ4n) is 5.21. The Morgan fingerprint density at radius 3 is 2.33 bits per heavy atom. The zero-order valence-corrected chi connectivity index (χ0v) is 23.4. The van der Waals surface area contributed by atoms with Gasteiger partial charge in [0.2, 0.25) is 5.91 Å². The monoisotopic (exact) mass is 570 g/mol. The summed E-state index contributed by atoms with van der Waals surface area (Å²) in [5.41, 5.74) is 5.20. The molecule has 1 aliphatic heterocycles. The number of nitrogens with one attached hydrogen (secondary N) is 2. The third-order valence-corrected chi connectivity index (χ3v) is 9.24. The van der Waals surface area contributed by atoms with Crippen LogP contribution in [0.3, 0.4) is 0 Å². The van der Waals surface area contributed by atoms with Gasteiger partial charge in [-0.1, -0.05) is 67.5 Å². The van der Waals surface area contributed by atoms with Crippen molar-refractivity contribution in [3.8, 4) is 0 Å². The number of imide groups is 1. The lowest BCUT2D eigenvalue weighted by Crippen LogP contribution is -2.60. The van der Waals surface area contributed by atoms with E-state index in [1.54, 1.807) is 37.5 Å². The van der Waals surface area contributed by atoms with Crippen LogP contribution in [0.5, 0.6) is 0 Å². The molecule has 2 aromatic rings. The van der Waals surface area contributed by atoms with Gasteiger partial charge < -0.3 is 0 Å². The summed E-state index contributed by atoms with van der Waals surface area (Å²) in [6, 6.07) is 12.3. The molecule has 2 aromatic carbocycles. The molecular formula is C28H34N4O7S. The highest BCUT2D eigenvalue weighted by Crippen LogP contribution is 2.38. The predicted molar refractivity (Wildman–Crippen MR) is 148 cm³/mol. The summed E-state index contributed by atoms with van der Waals surface area (Å²) < 4.78 is 24.2. The second-order valence-electron chi connectivity index (χ2n) is 9.92. The van der Waals surface area contributed by atoms with Crippen LogP contribution in [0.15, 0.2) is 54.6 Å². The fraction of sp³-hybridized carbons (Fsp3) is 0.357. The van der Waals surface area contributed by atoms with Gasteiger partial charge >= 0.3 is 0 Å². The maximum absolute atomic E-state index is 13.7. The number of carbonyl (C=O) groups excluding carboxylic acids is 4. The highest BCUT2D eigenvalue weighted by molar-refractivity contribution is 7.92. The first kappa shape index (κ1) is 30.7. The van der Waals surface area contributed by atoms with E-state index in [1.807, 2.05) is 35.8 Å². The Bertz CT molecular complexity index is 1430. The van der Waals surface area contributed by atoms with Crippen molar-refractivity contribution in [2.75, 3.05) is 6.26 Å². The summed E-state index contributed by atoms with van der Waals surface area (Å²) in [6.45, 7) is 3.42. The highest BCUT2D eigenvalue weighted by atomic mass is 32.2. The van der Waals surface area contributed by atoms with Crippen LogP contribution in [0.25, 0.3) is 6.08 Å². The lowest BCUT2D eigenvalue weighted by molar-refractivity contribution is -0.135. The summed E-state index contributed by atoms with van der Waals surface area (Å²) in [4.78, 5) is 54.4. The average Bonchev–Trinajstić information content (AvgIpc) is 3.17. The van der Waals surface area contributed by atoms with Gasteiger partial charge in [-0.25, -0.2) is 19.7 Å². The van der Waals surface area contributed by atoms with E-state index >= 15 is 0 Å². The van der Waals surface area contributed by atoms with Gasteiger partial charge in [0, 0.05) is 6.26 Å². The number of hydrogen-bond donors (Lipinski definition) is 4. The van der Waals surface area contributed by atoms with Crippen LogP contribution in [-0.2, 0) is 19.4 Å². The molecule has 0 aromatic heterocycles. The van der Waals surface area contributed by atoms with Crippen molar-refractivity contribution in [1.82, 2.24) is 15.8 Å². The number of fused-ring (bicyclic) bond motifs is 1. The summed E-state index contributed by atoms with van der Waals surface area (Å²) >= 11 is 0. The van der Waals surface area contributed by atoms with Crippen LogP contribution in [0.2, 0.25) is 0 Å². The normalized spacial score (nSPS) is 16.4. The first-order valence-corrected chi connectivity index (χ1v) is 14.7. The molecule has 0 saturated heterocycles. The van der Waals surface area contributed by atoms with Gasteiger partial charge in [0.1, 0.15) is 0 Å². The summed E-state index contributed by atoms with van der Waals surface area (Å²) in [6.07, 6.45) is 3.52. The number of hydroxylamine groups is 1. The Morgan fingerprint density at radius 1 is 1.10 bits per heavy atom. The number of nitrogens with two attached hydrogens (primary N) is 1. The van der Waals surface area contributed by atoms with Crippen LogP contribution in [0, 0.1) is 12.8 Å². The van der Waals surface area contributed by atoms with Crippen LogP contribution in [-0.4, -0.2) is 59.2 Å². The van der Waals surface area contributed by atoms with E-state index in [0.29, 0.717) is 5.56 Å². The molecule has 0 fully saturated rings. The zero-order chi connectivity index (χ0) is 29.7. The number of aryl methyl sites for hydroxylation is 1. The first-order valence-electron chi connectivity index (χ1n) is 12.8. The molecule has 1 aliphatic rings. The van der Waals surface area contributed by atoms with E-state index in [9.17, 15) is 32.8 Å². The van der Waals surface area contributed by atoms with Crippen molar-refractivity contribution in [2.45, 2.75) is 50.3 Å². The number of amides is 4. The number of rotatable bonds is 12. The van der Waals surface area contributed by atoms with Gasteiger partial charge in [-0.05, 0) is 43.9 Å². The largest absolute Gasteiger partial charge is 0.293 e. The number of hydrazine groups is 1. The Kier molecular flexibility index (Phi) is 9.61. The second kappa shape index (κ2) is 12.5. The van der Waals surface area contributed by atoms with Crippen molar-refractivity contribution < 1.29 is 32.8 Å². The molecule has 0 bridgehead atoms. The number of benzene rings is 2. The SMILES string of the molecule is CCCC(C[C@H]([C@H](C/C=C/c1ccccc1)C(=O)NO)N1C(=O)c2ccc(C)cc2C1=O)(C(=O)NN)S(C)(=O)=O. The average molecular weight is 571 g/mol. The van der Waals surface area contributed by atoms with Gasteiger partial charge in [-0.3, -0.25) is 34.7 Å². The van der Waals surface area contributed by atoms with Crippen molar-refractivity contribution in [1.29, 1.82) is 0 Å². The molecule has 5 N–H and O–H groups in total. The number of sulfone groups is 1. The summed E-state index contributed by atoms with van der Waals surface area (Å²) in [5.74, 6) is 0.641. The van der Waals surface area contributed by atoms with E-state index < -0.39 is 56.6 Å². The zero-order valence-electron chi connectivity index (χ0n) is 22.6. The van der Waals surface area contributed by atoms with E-state index in [0.717, 1.165) is 16.7 Å². The molecule has 0 saturated carbocycles. The quantitative estimate of drug-likeness (QED) is 0.0986. The number of nitrogens with zero attached hydrogens (tertiary/aromatic N) is 1. The lowest BCUT2D eigenvalue weighted by Gasteiger charge is -2.39. The molecule has 0 spiro atoms. The summed E-state index contributed by atoms with van der Waals surface area (Å²) in [7, 11) is -4.22. The van der Waals surface area contributed by atoms with Crippen molar-refractivity contribution in [2.24, 2.45) is 11.8 Å². The van der Waals surface area contributed by atoms with Crippen molar-refractivity contribution >= 4 is 39.5 Å². The number of hydrogen-bond acceptors (Lipinski definition) is 8. The van der Waals surface area contributed by atoms with Gasteiger partial charge in [-0.2, -0.15) is 0 Å². The molecule has 214 valence electrons. The smallest absolute Gasteiger partial charge is 0.261 e. The van der Waals surface area contributed by atoms with E-state index in [1.165, 1.54) is 12.1 Å². The maximum Gasteiger partial charge on any atom is 0.261 e. The Morgan fingerprint density at radius 2 is 1.75 bits per heavy atom. The third-order valence-electron chi connectivity index (χ3n) is 7.26. The standard InChI is InChI=1S/C28H34N4O7S/c1-4-15-28(27(36)30-29,40(3,38)39)17-23(32-25(34)20-14-13-18(2)16-22(20)26(32)35)21(24(33)31-37)12-8-11-19-9-6-5-7-10-19/h5-11,13-14,16,21,23,37H,4,12,15,17,29H2,1-3H3,(H,30,36)(H,31,33)/b11-8+/t21-,23+,28?/m0/s1. The predicted octanol–water partition coefficient (Wildman–Crippen LogP) is 2.15. The minimum absolute atomic E-state index is 0.0901. The van der Waals surface area contributed by atoms with Gasteiger partial charge in [0.15, 0.2) is 14.6 Å². The van der Waals surface area contributed by atoms with Crippen LogP contribution >= 0.6 is 0 Å². The van der Waals surface area contributed by atoms with Gasteiger partial charge in [0.05, 0.1) is 23.1 Å². The minimum atomic E-state index is -4.22. The molecule has 3 rings (SSSR count). The number of allylic oxidation sites excluding steroid dienone is 1. The second-order valence-corrected chi connectivity index (χ2v) is 12.2. The molecule has 0 radical (unpaired) electrons. The molecule has 3 atom stereocenters. The maximum atomic E-state index is 13.7. The highest BCUT2D eigenvalue weighted by Gasteiger charge is 2.54. The molecule has 0 aliphatic carbocycles. The molecule has 1 heterocycles. The van der Waals surface area contributed by atoms with Crippen LogP contribution in [0.4, 0.5) is 0 Å². The first-order chi connectivity index (χ1) is 18.9. The van der Waals surface area contributed by atoms with Crippen LogP contribution in [0.1, 0.15) is 64.4 Å². The Labute approximate surface area is 233 Å². The third kappa shape index (κ3) is 5.98. The van der Waals surface area contributed by atoms with E-state index in [2.05, 4.69) is 0 Å². The molecule has 4 amide bonds. The van der Waals surface area contributed by atoms with Gasteiger partial charge in [0.25, 0.3) is 17.7 Å². The molecule has 12 heteroatoms. The molecule has 1 unspecified atom stereocenters. The Balaban J connectivity index is 2.20. The Hall–Kier alpha value is -3.87. The molecule has 40 heavy (non-hydrogen) atoms. The fourth-order valence-corrected chi connectivity index (χ4v) is 6.66. The van der Waals surface area contributed by atoms with E-state index in [-0.39, 0.29) is 30.4 Å². The lowest BCUT2D eigenvalue weighted by atomic mass is 9.83. The van der Waals surface area contributed by atoms with Crippen LogP contribution < -0.4 is 16.7 Å². The topological polar surface area (TPSA) is 176 Å². The van der Waals surface area contributed by atoms with Crippen molar-refractivity contribution in [3.63, 3.8) is 0 Å². The molecule has 11 nitrogen and oxygen atoms in total. The summed E-state index contributed by atoms with van der Waals surface area (Å²) in [5, 5.41) is 9.64.